The van der Waals surface area contributed by atoms with E-state index in [9.17, 15) is 0 Å². The lowest BCUT2D eigenvalue weighted by atomic mass is 10.0. The van der Waals surface area contributed by atoms with Crippen molar-refractivity contribution >= 4 is 5.82 Å². The molecule has 0 aliphatic heterocycles. The second-order valence-corrected chi connectivity index (χ2v) is 6.98. The van der Waals surface area contributed by atoms with Crippen molar-refractivity contribution in [3.05, 3.63) is 23.9 Å². The Hall–Kier alpha value is -1.09. The second-order valence-electron chi connectivity index (χ2n) is 6.98. The van der Waals surface area contributed by atoms with Crippen molar-refractivity contribution in [1.82, 2.24) is 4.98 Å². The number of rotatable bonds is 7. The molecule has 0 saturated heterocycles. The average molecular weight is 289 g/mol. The molecule has 2 rings (SSSR count). The van der Waals surface area contributed by atoms with Gasteiger partial charge in [0.05, 0.1) is 0 Å². The lowest BCUT2D eigenvalue weighted by Crippen LogP contribution is -2.36. The number of anilines is 1. The van der Waals surface area contributed by atoms with Gasteiger partial charge in [0.25, 0.3) is 0 Å². The van der Waals surface area contributed by atoms with Crippen LogP contribution in [0.5, 0.6) is 0 Å². The molecule has 21 heavy (non-hydrogen) atoms. The van der Waals surface area contributed by atoms with E-state index in [4.69, 9.17) is 10.7 Å². The number of aromatic nitrogens is 1. The fourth-order valence-electron chi connectivity index (χ4n) is 3.27. The van der Waals surface area contributed by atoms with Gasteiger partial charge in [0.1, 0.15) is 5.82 Å². The summed E-state index contributed by atoms with van der Waals surface area (Å²) in [5.74, 6) is 1.91. The molecule has 3 nitrogen and oxygen atoms in total. The minimum absolute atomic E-state index is 0.184. The molecule has 2 N–H and O–H groups in total. The zero-order valence-electron chi connectivity index (χ0n) is 13.9. The van der Waals surface area contributed by atoms with Gasteiger partial charge in [-0.25, -0.2) is 4.98 Å². The van der Waals surface area contributed by atoms with Crippen molar-refractivity contribution in [3.63, 3.8) is 0 Å². The van der Waals surface area contributed by atoms with Gasteiger partial charge >= 0.3 is 0 Å². The van der Waals surface area contributed by atoms with Crippen molar-refractivity contribution in [2.45, 2.75) is 71.4 Å². The van der Waals surface area contributed by atoms with Gasteiger partial charge in [0, 0.05) is 24.8 Å². The van der Waals surface area contributed by atoms with Gasteiger partial charge in [-0.3, -0.25) is 0 Å². The van der Waals surface area contributed by atoms with Gasteiger partial charge in [-0.15, -0.1) is 0 Å². The third-order valence-electron chi connectivity index (χ3n) is 4.39. The molecule has 1 heterocycles. The molecular weight excluding hydrogens is 258 g/mol. The Bertz CT molecular complexity index is 422. The van der Waals surface area contributed by atoms with Crippen LogP contribution >= 0.6 is 0 Å². The van der Waals surface area contributed by atoms with Crippen molar-refractivity contribution in [2.24, 2.45) is 11.7 Å². The smallest absolute Gasteiger partial charge is 0.132 e. The molecule has 0 radical (unpaired) electrons. The summed E-state index contributed by atoms with van der Waals surface area (Å²) in [6, 6.07) is 5.09. The van der Waals surface area contributed by atoms with Gasteiger partial charge in [-0.1, -0.05) is 32.8 Å². The number of hydrogen-bond acceptors (Lipinski definition) is 3. The van der Waals surface area contributed by atoms with Crippen molar-refractivity contribution in [2.75, 3.05) is 11.4 Å². The maximum atomic E-state index is 6.02. The highest BCUT2D eigenvalue weighted by Gasteiger charge is 2.25. The van der Waals surface area contributed by atoms with Crippen LogP contribution in [-0.4, -0.2) is 23.6 Å². The Morgan fingerprint density at radius 2 is 2.00 bits per heavy atom. The first-order chi connectivity index (χ1) is 10.1. The van der Waals surface area contributed by atoms with Crippen LogP contribution in [0.15, 0.2) is 18.3 Å². The number of pyridine rings is 1. The average Bonchev–Trinajstić information content (AvgIpc) is 2.94. The van der Waals surface area contributed by atoms with Crippen LogP contribution in [0.4, 0.5) is 5.82 Å². The van der Waals surface area contributed by atoms with E-state index in [0.29, 0.717) is 6.04 Å². The van der Waals surface area contributed by atoms with E-state index in [1.807, 2.05) is 12.3 Å². The van der Waals surface area contributed by atoms with E-state index in [-0.39, 0.29) is 6.04 Å². The summed E-state index contributed by atoms with van der Waals surface area (Å²) in [6.07, 6.45) is 9.41. The highest BCUT2D eigenvalue weighted by Crippen LogP contribution is 2.30. The molecule has 1 fully saturated rings. The standard InChI is InChI=1S/C18H31N3/c1-14(2)10-12-21(17-8-4-5-9-17)18-16(13-15(3)19)7-6-11-20-18/h6-7,11,14-15,17H,4-5,8-10,12-13,19H2,1-3H3. The molecule has 0 aromatic carbocycles. The maximum absolute atomic E-state index is 6.02. The van der Waals surface area contributed by atoms with E-state index >= 15 is 0 Å². The van der Waals surface area contributed by atoms with Crippen molar-refractivity contribution in [1.29, 1.82) is 0 Å². The quantitative estimate of drug-likeness (QED) is 0.831. The van der Waals surface area contributed by atoms with Crippen LogP contribution in [0.2, 0.25) is 0 Å². The minimum Gasteiger partial charge on any atom is -0.353 e. The molecule has 1 aromatic rings. The summed E-state index contributed by atoms with van der Waals surface area (Å²) in [7, 11) is 0. The summed E-state index contributed by atoms with van der Waals surface area (Å²) >= 11 is 0. The molecule has 3 heteroatoms. The highest BCUT2D eigenvalue weighted by molar-refractivity contribution is 5.48. The Morgan fingerprint density at radius 1 is 1.29 bits per heavy atom. The number of nitrogens with two attached hydrogens (primary N) is 1. The van der Waals surface area contributed by atoms with Crippen LogP contribution in [-0.2, 0) is 6.42 Å². The normalized spacial score (nSPS) is 17.4. The fourth-order valence-corrected chi connectivity index (χ4v) is 3.27. The molecule has 1 atom stereocenters. The second kappa shape index (κ2) is 7.79. The largest absolute Gasteiger partial charge is 0.353 e. The zero-order valence-corrected chi connectivity index (χ0v) is 13.9. The molecule has 1 aromatic heterocycles. The van der Waals surface area contributed by atoms with Gasteiger partial charge < -0.3 is 10.6 Å². The number of nitrogens with zero attached hydrogens (tertiary/aromatic N) is 2. The van der Waals surface area contributed by atoms with E-state index < -0.39 is 0 Å². The maximum Gasteiger partial charge on any atom is 0.132 e. The molecule has 1 saturated carbocycles. The Kier molecular flexibility index (Phi) is 6.04. The third-order valence-corrected chi connectivity index (χ3v) is 4.39. The van der Waals surface area contributed by atoms with Gasteiger partial charge in [0.2, 0.25) is 0 Å². The van der Waals surface area contributed by atoms with Crippen LogP contribution < -0.4 is 10.6 Å². The van der Waals surface area contributed by atoms with Crippen LogP contribution in [0.1, 0.15) is 58.4 Å². The fraction of sp³-hybridized carbons (Fsp3) is 0.722. The Balaban J connectivity index is 2.22. The highest BCUT2D eigenvalue weighted by atomic mass is 15.2. The van der Waals surface area contributed by atoms with Gasteiger partial charge in [0.15, 0.2) is 0 Å². The lowest BCUT2D eigenvalue weighted by molar-refractivity contribution is 0.523. The van der Waals surface area contributed by atoms with Crippen molar-refractivity contribution < 1.29 is 0 Å². The first kappa shape index (κ1) is 16.3. The van der Waals surface area contributed by atoms with Gasteiger partial charge in [-0.05, 0) is 50.2 Å². The molecule has 1 aliphatic rings. The van der Waals surface area contributed by atoms with Crippen LogP contribution in [0, 0.1) is 5.92 Å². The summed E-state index contributed by atoms with van der Waals surface area (Å²) in [4.78, 5) is 7.30. The summed E-state index contributed by atoms with van der Waals surface area (Å²) in [5.41, 5.74) is 7.33. The monoisotopic (exact) mass is 289 g/mol. The van der Waals surface area contributed by atoms with E-state index in [1.54, 1.807) is 0 Å². The van der Waals surface area contributed by atoms with E-state index in [2.05, 4.69) is 31.7 Å². The molecular formula is C18H31N3. The minimum atomic E-state index is 0.184. The van der Waals surface area contributed by atoms with Crippen LogP contribution in [0.3, 0.4) is 0 Å². The first-order valence-corrected chi connectivity index (χ1v) is 8.54. The summed E-state index contributed by atoms with van der Waals surface area (Å²) in [5, 5.41) is 0. The zero-order chi connectivity index (χ0) is 15.2. The Labute approximate surface area is 129 Å². The van der Waals surface area contributed by atoms with Crippen molar-refractivity contribution in [3.8, 4) is 0 Å². The lowest BCUT2D eigenvalue weighted by Gasteiger charge is -2.32. The van der Waals surface area contributed by atoms with E-state index in [0.717, 1.165) is 18.9 Å². The van der Waals surface area contributed by atoms with Gasteiger partial charge in [-0.2, -0.15) is 0 Å². The topological polar surface area (TPSA) is 42.2 Å². The Morgan fingerprint density at radius 3 is 2.62 bits per heavy atom. The predicted octanol–water partition coefficient (Wildman–Crippen LogP) is 3.77. The van der Waals surface area contributed by atoms with Crippen LogP contribution in [0.25, 0.3) is 0 Å². The molecule has 0 bridgehead atoms. The molecule has 0 amide bonds. The van der Waals surface area contributed by atoms with E-state index in [1.165, 1.54) is 43.5 Å². The SMILES string of the molecule is CC(C)CCN(c1ncccc1CC(C)N)C1CCCC1. The first-order valence-electron chi connectivity index (χ1n) is 8.54. The molecule has 118 valence electrons. The molecule has 0 spiro atoms. The summed E-state index contributed by atoms with van der Waals surface area (Å²) < 4.78 is 0. The third kappa shape index (κ3) is 4.70. The number of hydrogen-bond donors (Lipinski definition) is 1. The molecule has 1 unspecified atom stereocenters. The predicted molar refractivity (Wildman–Crippen MR) is 90.6 cm³/mol. The summed E-state index contributed by atoms with van der Waals surface area (Å²) in [6.45, 7) is 7.79. The molecule has 1 aliphatic carbocycles.